The van der Waals surface area contributed by atoms with E-state index in [2.05, 4.69) is 10.2 Å². The van der Waals surface area contributed by atoms with Gasteiger partial charge in [0.2, 0.25) is 5.43 Å². The van der Waals surface area contributed by atoms with Crippen molar-refractivity contribution in [2.24, 2.45) is 5.73 Å². The summed E-state index contributed by atoms with van der Waals surface area (Å²) in [6, 6.07) is 8.49. The van der Waals surface area contributed by atoms with Crippen molar-refractivity contribution in [3.63, 3.8) is 0 Å². The maximum absolute atomic E-state index is 15.5. The molecular formula is C26H30FN5O3. The Morgan fingerprint density at radius 2 is 2.09 bits per heavy atom. The first-order chi connectivity index (χ1) is 16.8. The minimum atomic E-state index is -0.564. The Balaban J connectivity index is 1.60. The second kappa shape index (κ2) is 9.31. The molecule has 3 N–H and O–H groups in total. The highest BCUT2D eigenvalue weighted by Gasteiger charge is 2.32. The van der Waals surface area contributed by atoms with E-state index in [1.807, 2.05) is 37.2 Å². The lowest BCUT2D eigenvalue weighted by Crippen LogP contribution is -2.32. The lowest BCUT2D eigenvalue weighted by Gasteiger charge is -2.29. The summed E-state index contributed by atoms with van der Waals surface area (Å²) in [5.74, 6) is -0.229. The van der Waals surface area contributed by atoms with Crippen molar-refractivity contribution in [1.82, 2.24) is 14.8 Å². The number of amides is 1. The quantitative estimate of drug-likeness (QED) is 0.396. The van der Waals surface area contributed by atoms with E-state index >= 15 is 4.39 Å². The molecule has 2 aliphatic heterocycles. The number of pyridine rings is 1. The smallest absolute Gasteiger partial charge is 0.256 e. The van der Waals surface area contributed by atoms with Crippen LogP contribution in [-0.4, -0.2) is 61.7 Å². The molecule has 1 atom stereocenters. The average Bonchev–Trinajstić information content (AvgIpc) is 3.25. The van der Waals surface area contributed by atoms with Crippen molar-refractivity contribution >= 4 is 22.5 Å². The number of rotatable bonds is 7. The third kappa shape index (κ3) is 4.26. The van der Waals surface area contributed by atoms with Crippen LogP contribution in [0.15, 0.2) is 41.3 Å². The molecule has 0 spiro atoms. The Morgan fingerprint density at radius 1 is 1.29 bits per heavy atom. The number of halogens is 1. The number of unbranched alkanes of at least 4 members (excludes halogenated alkanes) is 1. The zero-order valence-electron chi connectivity index (χ0n) is 20.0. The summed E-state index contributed by atoms with van der Waals surface area (Å²) < 4.78 is 23.5. The van der Waals surface area contributed by atoms with Crippen LogP contribution in [0.3, 0.4) is 0 Å². The van der Waals surface area contributed by atoms with E-state index in [0.717, 1.165) is 25.8 Å². The molecule has 0 aliphatic carbocycles. The van der Waals surface area contributed by atoms with E-state index in [-0.39, 0.29) is 22.7 Å². The highest BCUT2D eigenvalue weighted by molar-refractivity contribution is 6.01. The molecule has 184 valence electrons. The molecule has 8 nitrogen and oxygen atoms in total. The van der Waals surface area contributed by atoms with Gasteiger partial charge in [-0.1, -0.05) is 12.1 Å². The number of hydrogen-bond acceptors (Lipinski definition) is 6. The maximum Gasteiger partial charge on any atom is 0.256 e. The van der Waals surface area contributed by atoms with E-state index in [1.54, 1.807) is 16.8 Å². The monoisotopic (exact) mass is 479 g/mol. The fourth-order valence-corrected chi connectivity index (χ4v) is 4.85. The second-order valence-corrected chi connectivity index (χ2v) is 9.51. The normalized spacial score (nSPS) is 16.5. The van der Waals surface area contributed by atoms with Crippen LogP contribution in [0.25, 0.3) is 16.6 Å². The van der Waals surface area contributed by atoms with Gasteiger partial charge >= 0.3 is 0 Å². The maximum atomic E-state index is 15.5. The fourth-order valence-electron chi connectivity index (χ4n) is 4.85. The topological polar surface area (TPSA) is 92.8 Å². The van der Waals surface area contributed by atoms with Crippen LogP contribution in [0.5, 0.6) is 11.5 Å². The van der Waals surface area contributed by atoms with Crippen molar-refractivity contribution in [2.75, 3.05) is 45.2 Å². The Kier molecular flexibility index (Phi) is 6.21. The first kappa shape index (κ1) is 23.3. The van der Waals surface area contributed by atoms with Gasteiger partial charge < -0.3 is 30.2 Å². The van der Waals surface area contributed by atoms with Crippen LogP contribution in [0.4, 0.5) is 10.1 Å². The van der Waals surface area contributed by atoms with E-state index in [9.17, 15) is 9.59 Å². The summed E-state index contributed by atoms with van der Waals surface area (Å²) >= 11 is 0. The summed E-state index contributed by atoms with van der Waals surface area (Å²) in [7, 11) is 4.00. The molecule has 0 bridgehead atoms. The highest BCUT2D eigenvalue weighted by atomic mass is 19.1. The van der Waals surface area contributed by atoms with Gasteiger partial charge in [0.25, 0.3) is 5.91 Å². The SMILES string of the molecule is CN(C)CCCCNC(=O)c1cn2c3c(c(N4CC[C@@H](N)C4)c(F)cc3c1=O)Oc1ccccc1-2. The van der Waals surface area contributed by atoms with Crippen LogP contribution in [-0.2, 0) is 0 Å². The molecule has 0 unspecified atom stereocenters. The van der Waals surface area contributed by atoms with Gasteiger partial charge in [-0.05, 0) is 58.1 Å². The molecule has 35 heavy (non-hydrogen) atoms. The third-order valence-corrected chi connectivity index (χ3v) is 6.61. The van der Waals surface area contributed by atoms with Crippen LogP contribution < -0.4 is 26.1 Å². The second-order valence-electron chi connectivity index (χ2n) is 9.51. The summed E-state index contributed by atoms with van der Waals surface area (Å²) in [4.78, 5) is 30.4. The number of para-hydroxylation sites is 2. The standard InChI is InChI=1S/C26H30FN5O3/c1-30(2)11-6-5-10-29-26(34)18-15-32-20-7-3-4-8-21(20)35-25-22(32)17(24(18)33)13-19(27)23(25)31-12-9-16(28)14-31/h3-4,7-8,13,15-16H,5-6,9-12,14,28H2,1-2H3,(H,29,34)/t16-/m1/s1. The zero-order chi connectivity index (χ0) is 24.7. The first-order valence-electron chi connectivity index (χ1n) is 12.0. The first-order valence-corrected chi connectivity index (χ1v) is 12.0. The summed E-state index contributed by atoms with van der Waals surface area (Å²) in [5.41, 5.74) is 6.97. The van der Waals surface area contributed by atoms with Crippen LogP contribution >= 0.6 is 0 Å². The highest BCUT2D eigenvalue weighted by Crippen LogP contribution is 2.46. The predicted octanol–water partition coefficient (Wildman–Crippen LogP) is 2.84. The zero-order valence-corrected chi connectivity index (χ0v) is 20.0. The number of anilines is 1. The summed E-state index contributed by atoms with van der Waals surface area (Å²) in [5, 5.41) is 2.95. The molecule has 0 radical (unpaired) electrons. The summed E-state index contributed by atoms with van der Waals surface area (Å²) in [6.07, 6.45) is 4.01. The molecule has 1 amide bonds. The number of hydrogen-bond donors (Lipinski definition) is 2. The number of nitrogens with two attached hydrogens (primary N) is 1. The Morgan fingerprint density at radius 3 is 2.83 bits per heavy atom. The van der Waals surface area contributed by atoms with Gasteiger partial charge in [-0.25, -0.2) is 4.39 Å². The molecule has 3 aromatic rings. The lowest BCUT2D eigenvalue weighted by atomic mass is 10.1. The fraction of sp³-hybridized carbons (Fsp3) is 0.385. The van der Waals surface area contributed by atoms with E-state index in [4.69, 9.17) is 10.5 Å². The van der Waals surface area contributed by atoms with E-state index in [1.165, 1.54) is 6.07 Å². The number of carbonyl (C=O) groups excluding carboxylic acids is 1. The number of carbonyl (C=O) groups is 1. The molecule has 0 saturated carbocycles. The number of nitrogens with zero attached hydrogens (tertiary/aromatic N) is 3. The van der Waals surface area contributed by atoms with Crippen molar-refractivity contribution in [3.05, 3.63) is 58.1 Å². The van der Waals surface area contributed by atoms with Gasteiger partial charge in [0.15, 0.2) is 17.3 Å². The largest absolute Gasteiger partial charge is 0.451 e. The van der Waals surface area contributed by atoms with Gasteiger partial charge in [0.1, 0.15) is 16.8 Å². The number of nitrogens with one attached hydrogen (secondary N) is 1. The lowest BCUT2D eigenvalue weighted by molar-refractivity contribution is 0.0951. The molecule has 3 heterocycles. The number of benzene rings is 2. The Bertz CT molecular complexity index is 1350. The van der Waals surface area contributed by atoms with Gasteiger partial charge in [-0.15, -0.1) is 0 Å². The number of fused-ring (bicyclic) bond motifs is 2. The molecule has 5 rings (SSSR count). The van der Waals surface area contributed by atoms with Crippen molar-refractivity contribution < 1.29 is 13.9 Å². The minimum Gasteiger partial charge on any atom is -0.451 e. The van der Waals surface area contributed by atoms with Crippen molar-refractivity contribution in [1.29, 1.82) is 0 Å². The number of aromatic nitrogens is 1. The van der Waals surface area contributed by atoms with Crippen LogP contribution in [0.1, 0.15) is 29.6 Å². The molecule has 2 aliphatic rings. The minimum absolute atomic E-state index is 0.0249. The molecular weight excluding hydrogens is 449 g/mol. The molecule has 9 heteroatoms. The van der Waals surface area contributed by atoms with Crippen LogP contribution in [0, 0.1) is 5.82 Å². The average molecular weight is 480 g/mol. The third-order valence-electron chi connectivity index (χ3n) is 6.61. The van der Waals surface area contributed by atoms with Gasteiger partial charge in [-0.3, -0.25) is 9.59 Å². The molecule has 1 fully saturated rings. The van der Waals surface area contributed by atoms with Gasteiger partial charge in [-0.2, -0.15) is 0 Å². The van der Waals surface area contributed by atoms with E-state index in [0.29, 0.717) is 42.3 Å². The van der Waals surface area contributed by atoms with E-state index < -0.39 is 17.2 Å². The predicted molar refractivity (Wildman–Crippen MR) is 135 cm³/mol. The van der Waals surface area contributed by atoms with Crippen LogP contribution in [0.2, 0.25) is 0 Å². The van der Waals surface area contributed by atoms with Crippen molar-refractivity contribution in [3.8, 4) is 17.2 Å². The Hall–Kier alpha value is -3.43. The Labute approximate surface area is 203 Å². The van der Waals surface area contributed by atoms with Crippen molar-refractivity contribution in [2.45, 2.75) is 25.3 Å². The van der Waals surface area contributed by atoms with Gasteiger partial charge in [0.05, 0.1) is 11.1 Å². The molecule has 1 saturated heterocycles. The molecule has 2 aromatic carbocycles. The van der Waals surface area contributed by atoms with Gasteiger partial charge in [0, 0.05) is 31.9 Å². The molecule has 1 aromatic heterocycles. The summed E-state index contributed by atoms with van der Waals surface area (Å²) in [6.45, 7) is 2.47. The number of ether oxygens (including phenoxy) is 1.